The zero-order valence-electron chi connectivity index (χ0n) is 12.9. The van der Waals surface area contributed by atoms with Crippen LogP contribution in [0.5, 0.6) is 0 Å². The molecule has 0 bridgehead atoms. The molecule has 0 unspecified atom stereocenters. The van der Waals surface area contributed by atoms with Crippen LogP contribution in [0.2, 0.25) is 0 Å². The van der Waals surface area contributed by atoms with E-state index in [0.717, 1.165) is 13.0 Å². The maximum absolute atomic E-state index is 5.87. The molecule has 0 saturated heterocycles. The minimum atomic E-state index is 0.00449. The Labute approximate surface area is 112 Å². The summed E-state index contributed by atoms with van der Waals surface area (Å²) >= 11 is 0. The molecule has 108 valence electrons. The highest BCUT2D eigenvalue weighted by Crippen LogP contribution is 2.22. The molecule has 0 aromatic heterocycles. The molecule has 0 atom stereocenters. The van der Waals surface area contributed by atoms with Crippen molar-refractivity contribution in [1.82, 2.24) is 5.01 Å². The van der Waals surface area contributed by atoms with Gasteiger partial charge >= 0.3 is 0 Å². The Morgan fingerprint density at radius 1 is 1.17 bits per heavy atom. The van der Waals surface area contributed by atoms with Crippen molar-refractivity contribution in [2.45, 2.75) is 48.0 Å². The van der Waals surface area contributed by atoms with Gasteiger partial charge in [0.15, 0.2) is 0 Å². The van der Waals surface area contributed by atoms with Crippen molar-refractivity contribution in [1.29, 1.82) is 0 Å². The second-order valence-corrected chi connectivity index (χ2v) is 6.72. The van der Waals surface area contributed by atoms with Crippen molar-refractivity contribution < 1.29 is 4.74 Å². The lowest BCUT2D eigenvalue weighted by Crippen LogP contribution is -2.39. The first kappa shape index (κ1) is 17.3. The van der Waals surface area contributed by atoms with Crippen LogP contribution in [-0.4, -0.2) is 24.8 Å². The third kappa shape index (κ3) is 8.37. The van der Waals surface area contributed by atoms with E-state index in [2.05, 4.69) is 34.6 Å². The Kier molecular flexibility index (Phi) is 6.71. The second kappa shape index (κ2) is 7.00. The fourth-order valence-corrected chi connectivity index (χ4v) is 1.55. The number of allylic oxidation sites excluding steroid dienone is 1. The zero-order chi connectivity index (χ0) is 14.4. The third-order valence-corrected chi connectivity index (χ3v) is 2.92. The third-order valence-electron chi connectivity index (χ3n) is 2.92. The van der Waals surface area contributed by atoms with E-state index in [-0.39, 0.29) is 10.8 Å². The van der Waals surface area contributed by atoms with Gasteiger partial charge in [-0.05, 0) is 18.8 Å². The summed E-state index contributed by atoms with van der Waals surface area (Å²) in [4.78, 5) is 0. The highest BCUT2D eigenvalue weighted by Gasteiger charge is 2.22. The summed E-state index contributed by atoms with van der Waals surface area (Å²) in [6, 6.07) is 0. The van der Waals surface area contributed by atoms with E-state index >= 15 is 0 Å². The quantitative estimate of drug-likeness (QED) is 0.518. The molecule has 0 spiro atoms. The highest BCUT2D eigenvalue weighted by atomic mass is 16.5. The summed E-state index contributed by atoms with van der Waals surface area (Å²) < 4.78 is 5.83. The largest absolute Gasteiger partial charge is 0.401 e. The number of hydrogen-bond acceptors (Lipinski definition) is 4. The van der Waals surface area contributed by atoms with Crippen LogP contribution in [0, 0.1) is 10.8 Å². The molecule has 0 aliphatic rings. The van der Waals surface area contributed by atoms with Crippen LogP contribution in [0.25, 0.3) is 0 Å². The van der Waals surface area contributed by atoms with Crippen molar-refractivity contribution in [3.8, 4) is 0 Å². The molecule has 0 saturated carbocycles. The Balaban J connectivity index is 4.12. The number of nitrogens with zero attached hydrogens (tertiary/aromatic N) is 1. The molecule has 0 aliphatic carbocycles. The SMILES string of the molecule is CCC(C)(C)COCC(C)(C)CN(N)/C=C(/C)N. The van der Waals surface area contributed by atoms with E-state index in [9.17, 15) is 0 Å². The first-order valence-corrected chi connectivity index (χ1v) is 6.61. The van der Waals surface area contributed by atoms with Crippen molar-refractivity contribution in [2.75, 3.05) is 19.8 Å². The number of ether oxygens (including phenoxy) is 1. The van der Waals surface area contributed by atoms with Crippen LogP contribution in [0.1, 0.15) is 48.0 Å². The Bertz CT molecular complexity index is 268. The van der Waals surface area contributed by atoms with Crippen LogP contribution in [-0.2, 0) is 4.74 Å². The van der Waals surface area contributed by atoms with Crippen molar-refractivity contribution in [2.24, 2.45) is 22.4 Å². The fourth-order valence-electron chi connectivity index (χ4n) is 1.55. The van der Waals surface area contributed by atoms with Crippen molar-refractivity contribution >= 4 is 0 Å². The summed E-state index contributed by atoms with van der Waals surface area (Å²) in [5.74, 6) is 5.87. The van der Waals surface area contributed by atoms with Gasteiger partial charge in [-0.3, -0.25) is 0 Å². The molecule has 0 aliphatic heterocycles. The molecule has 4 nitrogen and oxygen atoms in total. The van der Waals surface area contributed by atoms with E-state index in [1.54, 1.807) is 11.2 Å². The highest BCUT2D eigenvalue weighted by molar-refractivity contribution is 4.90. The zero-order valence-corrected chi connectivity index (χ0v) is 12.9. The Morgan fingerprint density at radius 3 is 2.11 bits per heavy atom. The summed E-state index contributed by atoms with van der Waals surface area (Å²) in [7, 11) is 0. The number of rotatable bonds is 8. The monoisotopic (exact) mass is 257 g/mol. The molecule has 0 aromatic rings. The summed E-state index contributed by atoms with van der Waals surface area (Å²) in [5.41, 5.74) is 6.55. The van der Waals surface area contributed by atoms with Crippen LogP contribution in [0.15, 0.2) is 11.9 Å². The van der Waals surface area contributed by atoms with Gasteiger partial charge in [-0.15, -0.1) is 0 Å². The minimum Gasteiger partial charge on any atom is -0.401 e. The van der Waals surface area contributed by atoms with Gasteiger partial charge in [-0.1, -0.05) is 34.6 Å². The smallest absolute Gasteiger partial charge is 0.0534 e. The lowest BCUT2D eigenvalue weighted by Gasteiger charge is -2.31. The van der Waals surface area contributed by atoms with Gasteiger partial charge < -0.3 is 15.5 Å². The van der Waals surface area contributed by atoms with Crippen LogP contribution < -0.4 is 11.6 Å². The number of nitrogens with two attached hydrogens (primary N) is 2. The molecule has 0 radical (unpaired) electrons. The van der Waals surface area contributed by atoms with Gasteiger partial charge in [0.05, 0.1) is 13.2 Å². The predicted molar refractivity (Wildman–Crippen MR) is 77.5 cm³/mol. The van der Waals surface area contributed by atoms with Crippen molar-refractivity contribution in [3.05, 3.63) is 11.9 Å². The molecular formula is C14H31N3O. The summed E-state index contributed by atoms with van der Waals surface area (Å²) in [6.45, 7) is 14.9. The molecule has 4 heteroatoms. The van der Waals surface area contributed by atoms with Crippen molar-refractivity contribution in [3.63, 3.8) is 0 Å². The normalized spacial score (nSPS) is 13.8. The first-order chi connectivity index (χ1) is 8.08. The van der Waals surface area contributed by atoms with Gasteiger partial charge in [-0.25, -0.2) is 5.84 Å². The van der Waals surface area contributed by atoms with Crippen LogP contribution in [0.3, 0.4) is 0 Å². The second-order valence-electron chi connectivity index (χ2n) is 6.72. The van der Waals surface area contributed by atoms with E-state index in [1.165, 1.54) is 0 Å². The first-order valence-electron chi connectivity index (χ1n) is 6.61. The van der Waals surface area contributed by atoms with E-state index < -0.39 is 0 Å². The summed E-state index contributed by atoms with van der Waals surface area (Å²) in [5, 5.41) is 1.63. The molecule has 0 amide bonds. The maximum atomic E-state index is 5.87. The molecule has 18 heavy (non-hydrogen) atoms. The average Bonchev–Trinajstić information content (AvgIpc) is 2.14. The average molecular weight is 257 g/mol. The molecule has 4 N–H and O–H groups in total. The lowest BCUT2D eigenvalue weighted by atomic mass is 9.91. The van der Waals surface area contributed by atoms with Gasteiger partial charge in [0.2, 0.25) is 0 Å². The van der Waals surface area contributed by atoms with E-state index in [4.69, 9.17) is 16.3 Å². The standard InChI is InChI=1S/C14H31N3O/c1-7-13(3,4)10-18-11-14(5,6)9-17(16)8-12(2)15/h8H,7,9-11,15-16H2,1-6H3/b12-8-. The van der Waals surface area contributed by atoms with Gasteiger partial charge in [0.1, 0.15) is 0 Å². The summed E-state index contributed by atoms with van der Waals surface area (Å²) in [6.07, 6.45) is 2.86. The Morgan fingerprint density at radius 2 is 1.67 bits per heavy atom. The van der Waals surface area contributed by atoms with Gasteiger partial charge in [-0.2, -0.15) is 0 Å². The molecule has 0 rings (SSSR count). The minimum absolute atomic E-state index is 0.00449. The number of hydrazine groups is 1. The number of hydrogen-bond donors (Lipinski definition) is 2. The van der Waals surface area contributed by atoms with Gasteiger partial charge in [0.25, 0.3) is 0 Å². The topological polar surface area (TPSA) is 64.5 Å². The lowest BCUT2D eigenvalue weighted by molar-refractivity contribution is 0.00565. The molecule has 0 fully saturated rings. The molecule has 0 heterocycles. The molecule has 0 aromatic carbocycles. The van der Waals surface area contributed by atoms with E-state index in [1.807, 2.05) is 6.92 Å². The molecular weight excluding hydrogens is 226 g/mol. The van der Waals surface area contributed by atoms with Crippen LogP contribution >= 0.6 is 0 Å². The fraction of sp³-hybridized carbons (Fsp3) is 0.857. The van der Waals surface area contributed by atoms with Gasteiger partial charge in [0, 0.05) is 23.9 Å². The van der Waals surface area contributed by atoms with Crippen LogP contribution in [0.4, 0.5) is 0 Å². The van der Waals surface area contributed by atoms with E-state index in [0.29, 0.717) is 18.8 Å². The Hall–Kier alpha value is -0.740. The predicted octanol–water partition coefficient (Wildman–Crippen LogP) is 2.46. The maximum Gasteiger partial charge on any atom is 0.0534 e.